The van der Waals surface area contributed by atoms with Crippen molar-refractivity contribution >= 4 is 34.9 Å². The Morgan fingerprint density at radius 3 is 2.52 bits per heavy atom. The molecule has 0 saturated carbocycles. The predicted octanol–water partition coefficient (Wildman–Crippen LogP) is 3.98. The van der Waals surface area contributed by atoms with Gasteiger partial charge in [-0.05, 0) is 51.1 Å². The standard InChI is InChI=1S/C18H20ClN3O3/c1-18(2,3)22-12-7-8-20-15(10-12)16(23)21-14-9-11(17(24)25-4)5-6-13(14)19/h5-10H,1-4H3,(H,20,22)(H,21,23). The van der Waals surface area contributed by atoms with Crippen molar-refractivity contribution in [2.24, 2.45) is 0 Å². The smallest absolute Gasteiger partial charge is 0.337 e. The summed E-state index contributed by atoms with van der Waals surface area (Å²) >= 11 is 6.09. The lowest BCUT2D eigenvalue weighted by atomic mass is 10.1. The molecule has 0 fully saturated rings. The van der Waals surface area contributed by atoms with E-state index in [1.54, 1.807) is 18.3 Å². The Morgan fingerprint density at radius 2 is 1.88 bits per heavy atom. The van der Waals surface area contributed by atoms with Gasteiger partial charge in [-0.3, -0.25) is 9.78 Å². The summed E-state index contributed by atoms with van der Waals surface area (Å²) < 4.78 is 4.67. The molecule has 0 saturated heterocycles. The zero-order chi connectivity index (χ0) is 18.6. The molecule has 0 atom stereocenters. The monoisotopic (exact) mass is 361 g/mol. The third kappa shape index (κ3) is 5.19. The van der Waals surface area contributed by atoms with E-state index in [9.17, 15) is 9.59 Å². The molecule has 0 radical (unpaired) electrons. The molecule has 0 spiro atoms. The number of nitrogens with one attached hydrogen (secondary N) is 2. The number of rotatable bonds is 4. The summed E-state index contributed by atoms with van der Waals surface area (Å²) in [6.07, 6.45) is 1.55. The number of ether oxygens (including phenoxy) is 1. The number of benzene rings is 1. The molecule has 0 aliphatic carbocycles. The molecule has 1 aromatic carbocycles. The van der Waals surface area contributed by atoms with Gasteiger partial charge >= 0.3 is 5.97 Å². The van der Waals surface area contributed by atoms with Crippen LogP contribution in [-0.2, 0) is 4.74 Å². The second-order valence-electron chi connectivity index (χ2n) is 6.45. The normalized spacial score (nSPS) is 10.9. The van der Waals surface area contributed by atoms with Crippen molar-refractivity contribution in [1.82, 2.24) is 4.98 Å². The van der Waals surface area contributed by atoms with Crippen LogP contribution < -0.4 is 10.6 Å². The van der Waals surface area contributed by atoms with E-state index in [0.29, 0.717) is 16.3 Å². The highest BCUT2D eigenvalue weighted by molar-refractivity contribution is 6.34. The number of hydrogen-bond donors (Lipinski definition) is 2. The Balaban J connectivity index is 2.22. The number of hydrogen-bond acceptors (Lipinski definition) is 5. The van der Waals surface area contributed by atoms with Crippen molar-refractivity contribution in [3.63, 3.8) is 0 Å². The van der Waals surface area contributed by atoms with Crippen LogP contribution in [0.1, 0.15) is 41.6 Å². The first-order chi connectivity index (χ1) is 11.7. The summed E-state index contributed by atoms with van der Waals surface area (Å²) in [6.45, 7) is 6.06. The highest BCUT2D eigenvalue weighted by Gasteiger charge is 2.15. The quantitative estimate of drug-likeness (QED) is 0.805. The van der Waals surface area contributed by atoms with Crippen LogP contribution in [0.25, 0.3) is 0 Å². The van der Waals surface area contributed by atoms with E-state index in [1.807, 2.05) is 20.8 Å². The first kappa shape index (κ1) is 18.7. The van der Waals surface area contributed by atoms with Gasteiger partial charge in [0.05, 0.1) is 23.4 Å². The highest BCUT2D eigenvalue weighted by Crippen LogP contribution is 2.24. The topological polar surface area (TPSA) is 80.3 Å². The molecular formula is C18H20ClN3O3. The molecular weight excluding hydrogens is 342 g/mol. The van der Waals surface area contributed by atoms with Crippen LogP contribution in [-0.4, -0.2) is 29.5 Å². The Morgan fingerprint density at radius 1 is 1.16 bits per heavy atom. The van der Waals surface area contributed by atoms with Gasteiger partial charge in [0, 0.05) is 17.4 Å². The third-order valence-electron chi connectivity index (χ3n) is 3.15. The molecule has 6 nitrogen and oxygen atoms in total. The predicted molar refractivity (Wildman–Crippen MR) is 98.4 cm³/mol. The third-order valence-corrected chi connectivity index (χ3v) is 3.48. The number of amides is 1. The number of carbonyl (C=O) groups excluding carboxylic acids is 2. The van der Waals surface area contributed by atoms with Gasteiger partial charge in [0.1, 0.15) is 5.69 Å². The first-order valence-electron chi connectivity index (χ1n) is 7.63. The lowest BCUT2D eigenvalue weighted by molar-refractivity contribution is 0.0600. The number of methoxy groups -OCH3 is 1. The molecule has 7 heteroatoms. The molecule has 1 aromatic heterocycles. The number of pyridine rings is 1. The van der Waals surface area contributed by atoms with E-state index >= 15 is 0 Å². The summed E-state index contributed by atoms with van der Waals surface area (Å²) in [5.41, 5.74) is 1.47. The van der Waals surface area contributed by atoms with Gasteiger partial charge < -0.3 is 15.4 Å². The molecule has 132 valence electrons. The summed E-state index contributed by atoms with van der Waals surface area (Å²) in [5, 5.41) is 6.25. The Kier molecular flexibility index (Phi) is 5.64. The maximum absolute atomic E-state index is 12.5. The van der Waals surface area contributed by atoms with E-state index in [0.717, 1.165) is 5.69 Å². The first-order valence-corrected chi connectivity index (χ1v) is 8.01. The van der Waals surface area contributed by atoms with Crippen molar-refractivity contribution in [3.05, 3.63) is 52.8 Å². The minimum atomic E-state index is -0.512. The molecule has 0 aliphatic heterocycles. The van der Waals surface area contributed by atoms with Gasteiger partial charge in [-0.25, -0.2) is 4.79 Å². The van der Waals surface area contributed by atoms with Crippen LogP contribution in [0.15, 0.2) is 36.5 Å². The van der Waals surface area contributed by atoms with Crippen LogP contribution in [0.4, 0.5) is 11.4 Å². The van der Waals surface area contributed by atoms with Crippen LogP contribution in [0, 0.1) is 0 Å². The number of carbonyl (C=O) groups is 2. The lowest BCUT2D eigenvalue weighted by Gasteiger charge is -2.22. The Bertz CT molecular complexity index is 800. The Labute approximate surface area is 151 Å². The Hall–Kier alpha value is -2.60. The van der Waals surface area contributed by atoms with Crippen molar-refractivity contribution < 1.29 is 14.3 Å². The van der Waals surface area contributed by atoms with E-state index in [1.165, 1.54) is 25.3 Å². The van der Waals surface area contributed by atoms with Crippen LogP contribution in [0.5, 0.6) is 0 Å². The fraction of sp³-hybridized carbons (Fsp3) is 0.278. The number of anilines is 2. The van der Waals surface area contributed by atoms with E-state index < -0.39 is 11.9 Å². The highest BCUT2D eigenvalue weighted by atomic mass is 35.5. The zero-order valence-corrected chi connectivity index (χ0v) is 15.3. The molecule has 25 heavy (non-hydrogen) atoms. The average Bonchev–Trinajstić information content (AvgIpc) is 2.54. The molecule has 0 aliphatic rings. The molecule has 0 unspecified atom stereocenters. The summed E-state index contributed by atoms with van der Waals surface area (Å²) in [5.74, 6) is -0.942. The summed E-state index contributed by atoms with van der Waals surface area (Å²) in [6, 6.07) is 7.94. The van der Waals surface area contributed by atoms with Crippen molar-refractivity contribution in [1.29, 1.82) is 0 Å². The lowest BCUT2D eigenvalue weighted by Crippen LogP contribution is -2.26. The fourth-order valence-corrected chi connectivity index (χ4v) is 2.28. The van der Waals surface area contributed by atoms with E-state index in [-0.39, 0.29) is 11.2 Å². The minimum absolute atomic E-state index is 0.146. The minimum Gasteiger partial charge on any atom is -0.465 e. The second kappa shape index (κ2) is 7.53. The summed E-state index contributed by atoms with van der Waals surface area (Å²) in [7, 11) is 1.28. The molecule has 1 heterocycles. The molecule has 1 amide bonds. The van der Waals surface area contributed by atoms with Crippen LogP contribution in [0.3, 0.4) is 0 Å². The van der Waals surface area contributed by atoms with Gasteiger partial charge in [0.15, 0.2) is 0 Å². The number of aromatic nitrogens is 1. The fourth-order valence-electron chi connectivity index (χ4n) is 2.12. The number of halogens is 1. The van der Waals surface area contributed by atoms with Crippen molar-refractivity contribution in [2.45, 2.75) is 26.3 Å². The zero-order valence-electron chi connectivity index (χ0n) is 14.5. The van der Waals surface area contributed by atoms with E-state index in [2.05, 4.69) is 20.4 Å². The van der Waals surface area contributed by atoms with Gasteiger partial charge in [0.25, 0.3) is 5.91 Å². The molecule has 0 bridgehead atoms. The van der Waals surface area contributed by atoms with Gasteiger partial charge in [0.2, 0.25) is 0 Å². The molecule has 2 rings (SSSR count). The van der Waals surface area contributed by atoms with Crippen LogP contribution >= 0.6 is 11.6 Å². The SMILES string of the molecule is COC(=O)c1ccc(Cl)c(NC(=O)c2cc(NC(C)(C)C)ccn2)c1. The number of nitrogens with zero attached hydrogens (tertiary/aromatic N) is 1. The maximum atomic E-state index is 12.5. The largest absolute Gasteiger partial charge is 0.465 e. The van der Waals surface area contributed by atoms with Crippen LogP contribution in [0.2, 0.25) is 5.02 Å². The number of esters is 1. The van der Waals surface area contributed by atoms with E-state index in [4.69, 9.17) is 11.6 Å². The molecule has 2 aromatic rings. The van der Waals surface area contributed by atoms with Gasteiger partial charge in [-0.2, -0.15) is 0 Å². The average molecular weight is 362 g/mol. The van der Waals surface area contributed by atoms with Gasteiger partial charge in [-0.1, -0.05) is 11.6 Å². The maximum Gasteiger partial charge on any atom is 0.337 e. The van der Waals surface area contributed by atoms with Crippen molar-refractivity contribution in [2.75, 3.05) is 17.7 Å². The second-order valence-corrected chi connectivity index (χ2v) is 6.85. The van der Waals surface area contributed by atoms with Crippen molar-refractivity contribution in [3.8, 4) is 0 Å². The van der Waals surface area contributed by atoms with Gasteiger partial charge in [-0.15, -0.1) is 0 Å². The summed E-state index contributed by atoms with van der Waals surface area (Å²) in [4.78, 5) is 28.2. The molecule has 2 N–H and O–H groups in total.